The molecule has 0 saturated heterocycles. The summed E-state index contributed by atoms with van der Waals surface area (Å²) in [6.45, 7) is 1.79. The van der Waals surface area contributed by atoms with Gasteiger partial charge in [0, 0.05) is 17.2 Å². The highest BCUT2D eigenvalue weighted by Crippen LogP contribution is 2.37. The number of rotatable bonds is 5. The van der Waals surface area contributed by atoms with Gasteiger partial charge in [0.25, 0.3) is 0 Å². The normalized spacial score (nSPS) is 10.5. The lowest BCUT2D eigenvalue weighted by Crippen LogP contribution is -1.95. The van der Waals surface area contributed by atoms with Crippen LogP contribution in [-0.4, -0.2) is 17.3 Å². The fourth-order valence-electron chi connectivity index (χ4n) is 2.36. The predicted octanol–water partition coefficient (Wildman–Crippen LogP) is 3.59. The second-order valence-electron chi connectivity index (χ2n) is 4.89. The van der Waals surface area contributed by atoms with Gasteiger partial charge in [0.1, 0.15) is 17.2 Å². The molecular weight excluding hydrogens is 252 g/mol. The highest BCUT2D eigenvalue weighted by Gasteiger charge is 2.14. The number of methoxy groups -OCH3 is 1. The Labute approximate surface area is 119 Å². The van der Waals surface area contributed by atoms with E-state index in [0.29, 0.717) is 23.3 Å². The van der Waals surface area contributed by atoms with E-state index in [2.05, 4.69) is 12.1 Å². The fourth-order valence-corrected chi connectivity index (χ4v) is 2.36. The van der Waals surface area contributed by atoms with Crippen LogP contribution >= 0.6 is 0 Å². The maximum atomic E-state index is 10.1. The molecule has 20 heavy (non-hydrogen) atoms. The molecule has 0 heterocycles. The van der Waals surface area contributed by atoms with Crippen LogP contribution in [0, 0.1) is 6.92 Å². The van der Waals surface area contributed by atoms with Gasteiger partial charge in [-0.3, -0.25) is 0 Å². The number of aryl methyl sites for hydroxylation is 1. The molecule has 0 unspecified atom stereocenters. The van der Waals surface area contributed by atoms with E-state index in [4.69, 9.17) is 4.74 Å². The minimum atomic E-state index is 0.0954. The molecular formula is C17H20O3. The lowest BCUT2D eigenvalue weighted by atomic mass is 10.00. The van der Waals surface area contributed by atoms with Gasteiger partial charge in [-0.2, -0.15) is 0 Å². The van der Waals surface area contributed by atoms with Crippen LogP contribution in [0.1, 0.15) is 23.1 Å². The highest BCUT2D eigenvalue weighted by atomic mass is 16.5. The number of phenols is 2. The average Bonchev–Trinajstić information content (AvgIpc) is 2.47. The Balaban J connectivity index is 2.08. The summed E-state index contributed by atoms with van der Waals surface area (Å²) in [7, 11) is 1.52. The summed E-state index contributed by atoms with van der Waals surface area (Å²) in [6.07, 6.45) is 2.43. The first-order valence-corrected chi connectivity index (χ1v) is 6.75. The van der Waals surface area contributed by atoms with Gasteiger partial charge in [-0.05, 0) is 31.7 Å². The zero-order valence-electron chi connectivity index (χ0n) is 11.9. The Morgan fingerprint density at radius 1 is 1.05 bits per heavy atom. The van der Waals surface area contributed by atoms with Crippen LogP contribution in [0.25, 0.3) is 0 Å². The van der Waals surface area contributed by atoms with E-state index in [9.17, 15) is 10.2 Å². The second kappa shape index (κ2) is 6.33. The first kappa shape index (κ1) is 14.3. The van der Waals surface area contributed by atoms with Gasteiger partial charge < -0.3 is 14.9 Å². The SMILES string of the molecule is COc1cc(O)c(CCCc2ccccc2)c(O)c1C. The molecule has 0 spiro atoms. The summed E-state index contributed by atoms with van der Waals surface area (Å²) >= 11 is 0. The van der Waals surface area contributed by atoms with Gasteiger partial charge >= 0.3 is 0 Å². The molecule has 0 atom stereocenters. The van der Waals surface area contributed by atoms with Crippen molar-refractivity contribution >= 4 is 0 Å². The summed E-state index contributed by atoms with van der Waals surface area (Å²) in [4.78, 5) is 0. The zero-order valence-corrected chi connectivity index (χ0v) is 11.9. The predicted molar refractivity (Wildman–Crippen MR) is 79.5 cm³/mol. The number of ether oxygens (including phenoxy) is 1. The summed E-state index contributed by atoms with van der Waals surface area (Å²) in [5, 5.41) is 20.1. The van der Waals surface area contributed by atoms with Crippen LogP contribution in [0.15, 0.2) is 36.4 Å². The van der Waals surface area contributed by atoms with Gasteiger partial charge in [0.2, 0.25) is 0 Å². The maximum absolute atomic E-state index is 10.1. The van der Waals surface area contributed by atoms with Crippen LogP contribution in [0.5, 0.6) is 17.2 Å². The monoisotopic (exact) mass is 272 g/mol. The first-order valence-electron chi connectivity index (χ1n) is 6.75. The van der Waals surface area contributed by atoms with Crippen molar-refractivity contribution in [2.24, 2.45) is 0 Å². The molecule has 2 N–H and O–H groups in total. The van der Waals surface area contributed by atoms with Crippen molar-refractivity contribution in [1.82, 2.24) is 0 Å². The molecule has 0 radical (unpaired) electrons. The molecule has 0 fully saturated rings. The molecule has 2 rings (SSSR count). The number of aromatic hydroxyl groups is 2. The third-order valence-corrected chi connectivity index (χ3v) is 3.54. The Morgan fingerprint density at radius 2 is 1.75 bits per heavy atom. The highest BCUT2D eigenvalue weighted by molar-refractivity contribution is 5.55. The summed E-state index contributed by atoms with van der Waals surface area (Å²) in [5.41, 5.74) is 2.52. The van der Waals surface area contributed by atoms with Crippen LogP contribution in [0.4, 0.5) is 0 Å². The van der Waals surface area contributed by atoms with Crippen molar-refractivity contribution in [2.45, 2.75) is 26.2 Å². The van der Waals surface area contributed by atoms with Crippen molar-refractivity contribution in [3.05, 3.63) is 53.1 Å². The van der Waals surface area contributed by atoms with Crippen LogP contribution in [-0.2, 0) is 12.8 Å². The van der Waals surface area contributed by atoms with Crippen molar-refractivity contribution in [3.8, 4) is 17.2 Å². The van der Waals surface area contributed by atoms with E-state index in [1.165, 1.54) is 12.7 Å². The molecule has 0 amide bonds. The molecule has 0 aliphatic rings. The van der Waals surface area contributed by atoms with Gasteiger partial charge in [0.05, 0.1) is 7.11 Å². The summed E-state index contributed by atoms with van der Waals surface area (Å²) in [6, 6.07) is 11.8. The standard InChI is InChI=1S/C17H20O3/c1-12-16(20-2)11-15(18)14(17(12)19)10-6-9-13-7-4-3-5-8-13/h3-5,7-8,11,18-19H,6,9-10H2,1-2H3. The maximum Gasteiger partial charge on any atom is 0.129 e. The Hall–Kier alpha value is -2.16. The van der Waals surface area contributed by atoms with Crippen molar-refractivity contribution in [1.29, 1.82) is 0 Å². The molecule has 3 nitrogen and oxygen atoms in total. The largest absolute Gasteiger partial charge is 0.507 e. The third-order valence-electron chi connectivity index (χ3n) is 3.54. The minimum Gasteiger partial charge on any atom is -0.507 e. The minimum absolute atomic E-state index is 0.0954. The molecule has 0 aliphatic carbocycles. The Bertz CT molecular complexity index is 577. The molecule has 0 saturated carbocycles. The lowest BCUT2D eigenvalue weighted by molar-refractivity contribution is 0.389. The molecule has 2 aromatic rings. The first-order chi connectivity index (χ1) is 9.63. The molecule has 2 aromatic carbocycles. The number of benzene rings is 2. The summed E-state index contributed by atoms with van der Waals surface area (Å²) in [5.74, 6) is 0.736. The smallest absolute Gasteiger partial charge is 0.129 e. The fraction of sp³-hybridized carbons (Fsp3) is 0.294. The number of phenolic OH excluding ortho intramolecular Hbond substituents is 2. The molecule has 106 valence electrons. The van der Waals surface area contributed by atoms with E-state index in [-0.39, 0.29) is 11.5 Å². The van der Waals surface area contributed by atoms with Crippen LogP contribution < -0.4 is 4.74 Å². The van der Waals surface area contributed by atoms with Crippen molar-refractivity contribution in [3.63, 3.8) is 0 Å². The van der Waals surface area contributed by atoms with E-state index in [0.717, 1.165) is 12.8 Å². The van der Waals surface area contributed by atoms with Gasteiger partial charge in [-0.25, -0.2) is 0 Å². The van der Waals surface area contributed by atoms with Crippen molar-refractivity contribution < 1.29 is 14.9 Å². The molecule has 3 heteroatoms. The number of hydrogen-bond acceptors (Lipinski definition) is 3. The van der Waals surface area contributed by atoms with Crippen LogP contribution in [0.2, 0.25) is 0 Å². The lowest BCUT2D eigenvalue weighted by Gasteiger charge is -2.13. The average molecular weight is 272 g/mol. The van der Waals surface area contributed by atoms with E-state index in [1.807, 2.05) is 18.2 Å². The third kappa shape index (κ3) is 3.05. The molecule has 0 aliphatic heterocycles. The van der Waals surface area contributed by atoms with Crippen molar-refractivity contribution in [2.75, 3.05) is 7.11 Å². The zero-order chi connectivity index (χ0) is 14.5. The van der Waals surface area contributed by atoms with Gasteiger partial charge in [-0.15, -0.1) is 0 Å². The van der Waals surface area contributed by atoms with E-state index < -0.39 is 0 Å². The van der Waals surface area contributed by atoms with E-state index in [1.54, 1.807) is 13.0 Å². The van der Waals surface area contributed by atoms with Crippen LogP contribution in [0.3, 0.4) is 0 Å². The quantitative estimate of drug-likeness (QED) is 0.874. The van der Waals surface area contributed by atoms with E-state index >= 15 is 0 Å². The van der Waals surface area contributed by atoms with Gasteiger partial charge in [0.15, 0.2) is 0 Å². The number of hydrogen-bond donors (Lipinski definition) is 2. The molecule has 0 bridgehead atoms. The summed E-state index contributed by atoms with van der Waals surface area (Å²) < 4.78 is 5.12. The topological polar surface area (TPSA) is 49.7 Å². The van der Waals surface area contributed by atoms with Gasteiger partial charge in [-0.1, -0.05) is 30.3 Å². The Morgan fingerprint density at radius 3 is 2.40 bits per heavy atom. The molecule has 0 aromatic heterocycles. The second-order valence-corrected chi connectivity index (χ2v) is 4.89. The Kier molecular flexibility index (Phi) is 4.51.